The lowest BCUT2D eigenvalue weighted by Gasteiger charge is -2.15. The number of hydrogen-bond donors (Lipinski definition) is 3. The van der Waals surface area contributed by atoms with Gasteiger partial charge < -0.3 is 19.7 Å². The largest absolute Gasteiger partial charge is 0.505 e. The minimum Gasteiger partial charge on any atom is -0.505 e. The Morgan fingerprint density at radius 3 is 2.56 bits per heavy atom. The van der Waals surface area contributed by atoms with Gasteiger partial charge in [0.15, 0.2) is 17.4 Å². The van der Waals surface area contributed by atoms with Crippen LogP contribution in [0.1, 0.15) is 29.1 Å². The Hall–Kier alpha value is -4.38. The number of amidine groups is 2. The lowest BCUT2D eigenvalue weighted by atomic mass is 10.1. The number of nitrogens with one attached hydrogen (secondary N) is 2. The maximum absolute atomic E-state index is 12.4. The molecule has 4 rings (SSSR count). The molecule has 0 fully saturated rings. The van der Waals surface area contributed by atoms with Gasteiger partial charge in [0.05, 0.1) is 17.5 Å². The molecule has 0 aliphatic carbocycles. The number of phenolic OH excluding ortho intramolecular Hbond substituents is 1. The summed E-state index contributed by atoms with van der Waals surface area (Å²) >= 11 is 0. The van der Waals surface area contributed by atoms with Crippen molar-refractivity contribution >= 4 is 33.5 Å². The zero-order valence-electron chi connectivity index (χ0n) is 19.9. The number of aromatic hydroxyl groups is 1. The Balaban J connectivity index is 1.68. The van der Waals surface area contributed by atoms with Crippen molar-refractivity contribution in [2.45, 2.75) is 13.0 Å². The summed E-state index contributed by atoms with van der Waals surface area (Å²) in [5.41, 5.74) is 2.52. The van der Waals surface area contributed by atoms with Gasteiger partial charge in [0.2, 0.25) is 0 Å². The number of carbonyl (C=O) groups is 1. The number of benzene rings is 2. The zero-order chi connectivity index (χ0) is 26.0. The molecular formula is C25H25N5O5S. The third kappa shape index (κ3) is 5.15. The number of amides is 1. The average Bonchev–Trinajstić information content (AvgIpc) is 3.42. The van der Waals surface area contributed by atoms with Crippen LogP contribution in [0.2, 0.25) is 0 Å². The van der Waals surface area contributed by atoms with Gasteiger partial charge in [-0.25, -0.2) is 9.71 Å². The van der Waals surface area contributed by atoms with Crippen LogP contribution >= 0.6 is 0 Å². The number of hydrogen-bond acceptors (Lipinski definition) is 7. The first-order valence-corrected chi connectivity index (χ1v) is 12.3. The molecule has 0 spiro atoms. The second-order valence-electron chi connectivity index (χ2n) is 8.37. The van der Waals surface area contributed by atoms with Crippen molar-refractivity contribution in [1.29, 1.82) is 0 Å². The first kappa shape index (κ1) is 24.7. The van der Waals surface area contributed by atoms with E-state index in [1.807, 2.05) is 36.4 Å². The lowest BCUT2D eigenvalue weighted by Crippen LogP contribution is -2.31. The standard InChI is InChI=1S/C25H25N5O5S/c1-15(2)21(20-13-17(14-35-20)16-9-6-5-7-10-16)27-24-23(28-36(33,34)29-24)26-19-12-8-11-18(22(19)31)25(32)30(3)4/h5-14,21,31H,1H2,2-4H3,(H,26,28)(H,27,29)/t21-/m1/s1. The molecule has 0 saturated heterocycles. The van der Waals surface area contributed by atoms with Gasteiger partial charge in [-0.1, -0.05) is 43.0 Å². The summed E-state index contributed by atoms with van der Waals surface area (Å²) in [6.07, 6.45) is 1.60. The Bertz CT molecular complexity index is 1490. The summed E-state index contributed by atoms with van der Waals surface area (Å²) in [6, 6.07) is 15.2. The normalized spacial score (nSPS) is 16.2. The summed E-state index contributed by atoms with van der Waals surface area (Å²) in [5, 5.41) is 13.4. The number of furan rings is 1. The fraction of sp³-hybridized carbons (Fsp3) is 0.160. The van der Waals surface area contributed by atoms with Gasteiger partial charge in [0.1, 0.15) is 11.8 Å². The van der Waals surface area contributed by atoms with Crippen molar-refractivity contribution in [1.82, 2.24) is 9.62 Å². The third-order valence-corrected chi connectivity index (χ3v) is 6.18. The summed E-state index contributed by atoms with van der Waals surface area (Å²) in [6.45, 7) is 5.72. The van der Waals surface area contributed by atoms with Crippen LogP contribution in [-0.4, -0.2) is 50.1 Å². The number of aliphatic imine (C=N–C) groups is 1. The van der Waals surface area contributed by atoms with E-state index in [0.717, 1.165) is 11.1 Å². The average molecular weight is 508 g/mol. The first-order valence-electron chi connectivity index (χ1n) is 10.9. The third-order valence-electron chi connectivity index (χ3n) is 5.31. The van der Waals surface area contributed by atoms with Gasteiger partial charge in [-0.3, -0.25) is 4.79 Å². The highest BCUT2D eigenvalue weighted by molar-refractivity contribution is 7.89. The molecule has 11 heteroatoms. The molecule has 10 nitrogen and oxygen atoms in total. The van der Waals surface area contributed by atoms with E-state index in [1.165, 1.54) is 17.0 Å². The second-order valence-corrected chi connectivity index (χ2v) is 9.71. The number of rotatable bonds is 6. The maximum atomic E-state index is 12.4. The van der Waals surface area contributed by atoms with Gasteiger partial charge in [-0.2, -0.15) is 8.42 Å². The first-order chi connectivity index (χ1) is 17.1. The van der Waals surface area contributed by atoms with Crippen molar-refractivity contribution in [2.75, 3.05) is 19.4 Å². The highest BCUT2D eigenvalue weighted by Gasteiger charge is 2.30. The maximum Gasteiger partial charge on any atom is 0.345 e. The predicted octanol–water partition coefficient (Wildman–Crippen LogP) is 3.73. The van der Waals surface area contributed by atoms with Gasteiger partial charge in [0.25, 0.3) is 5.91 Å². The number of anilines is 1. The van der Waals surface area contributed by atoms with Crippen LogP contribution in [0, 0.1) is 0 Å². The van der Waals surface area contributed by atoms with Gasteiger partial charge in [0, 0.05) is 19.7 Å². The van der Waals surface area contributed by atoms with E-state index in [2.05, 4.69) is 26.0 Å². The van der Waals surface area contributed by atoms with Gasteiger partial charge in [-0.05, 0) is 36.3 Å². The SMILES string of the molecule is C=C(C)[C@@H](N=C1NS(=O)(=O)N=C1Nc1cccc(C(=O)N(C)C)c1O)c1cc(-c2ccccc2)co1. The second kappa shape index (κ2) is 9.70. The summed E-state index contributed by atoms with van der Waals surface area (Å²) in [7, 11) is -0.970. The smallest absolute Gasteiger partial charge is 0.345 e. The molecule has 0 radical (unpaired) electrons. The predicted molar refractivity (Wildman–Crippen MR) is 138 cm³/mol. The van der Waals surface area contributed by atoms with E-state index in [-0.39, 0.29) is 28.7 Å². The van der Waals surface area contributed by atoms with E-state index in [4.69, 9.17) is 4.42 Å². The van der Waals surface area contributed by atoms with E-state index < -0.39 is 22.2 Å². The molecule has 3 aromatic rings. The summed E-state index contributed by atoms with van der Waals surface area (Å²) in [5.74, 6) is -0.554. The van der Waals surface area contributed by atoms with Crippen LogP contribution in [-0.2, 0) is 10.2 Å². The number of carbonyl (C=O) groups excluding carboxylic acids is 1. The topological polar surface area (TPSA) is 137 Å². The molecule has 0 unspecified atom stereocenters. The van der Waals surface area contributed by atoms with Crippen molar-refractivity contribution < 1.29 is 22.7 Å². The fourth-order valence-corrected chi connectivity index (χ4v) is 4.35. The molecule has 36 heavy (non-hydrogen) atoms. The Morgan fingerprint density at radius 2 is 1.89 bits per heavy atom. The summed E-state index contributed by atoms with van der Waals surface area (Å²) < 4.78 is 36.3. The monoisotopic (exact) mass is 507 g/mol. The molecule has 186 valence electrons. The van der Waals surface area contributed by atoms with E-state index in [9.17, 15) is 18.3 Å². The highest BCUT2D eigenvalue weighted by Crippen LogP contribution is 2.32. The van der Waals surface area contributed by atoms with Crippen molar-refractivity contribution in [3.8, 4) is 16.9 Å². The van der Waals surface area contributed by atoms with Crippen molar-refractivity contribution in [3.63, 3.8) is 0 Å². The minimum atomic E-state index is -4.08. The van der Waals surface area contributed by atoms with Crippen LogP contribution in [0.25, 0.3) is 11.1 Å². The molecule has 2 aromatic carbocycles. The fourth-order valence-electron chi connectivity index (χ4n) is 3.54. The molecular weight excluding hydrogens is 482 g/mol. The Labute approximate surface area is 208 Å². The van der Waals surface area contributed by atoms with Crippen LogP contribution in [0.5, 0.6) is 5.75 Å². The lowest BCUT2D eigenvalue weighted by molar-refractivity contribution is 0.0824. The molecule has 1 amide bonds. The molecule has 3 N–H and O–H groups in total. The van der Waals surface area contributed by atoms with Crippen molar-refractivity contribution in [2.24, 2.45) is 9.39 Å². The van der Waals surface area contributed by atoms with Gasteiger partial charge >= 0.3 is 10.2 Å². The molecule has 0 bridgehead atoms. The molecule has 2 heterocycles. The van der Waals surface area contributed by atoms with Gasteiger partial charge in [-0.15, -0.1) is 4.40 Å². The molecule has 0 saturated carbocycles. The van der Waals surface area contributed by atoms with Crippen LogP contribution < -0.4 is 10.0 Å². The number of phenols is 1. The number of nitrogens with zero attached hydrogens (tertiary/aromatic N) is 3. The molecule has 1 aromatic heterocycles. The van der Waals surface area contributed by atoms with E-state index >= 15 is 0 Å². The highest BCUT2D eigenvalue weighted by atomic mass is 32.2. The quantitative estimate of drug-likeness (QED) is 0.344. The Morgan fingerprint density at radius 1 is 1.17 bits per heavy atom. The molecule has 1 aliphatic heterocycles. The molecule has 1 atom stereocenters. The van der Waals surface area contributed by atoms with Crippen LogP contribution in [0.3, 0.4) is 0 Å². The zero-order valence-corrected chi connectivity index (χ0v) is 20.7. The van der Waals surface area contributed by atoms with E-state index in [1.54, 1.807) is 33.3 Å². The van der Waals surface area contributed by atoms with Crippen molar-refractivity contribution in [3.05, 3.63) is 84.3 Å². The minimum absolute atomic E-state index is 0.0433. The molecule has 1 aliphatic rings. The van der Waals surface area contributed by atoms with E-state index in [0.29, 0.717) is 11.3 Å². The Kier molecular flexibility index (Phi) is 6.67. The van der Waals surface area contributed by atoms with Crippen LogP contribution in [0.4, 0.5) is 5.69 Å². The summed E-state index contributed by atoms with van der Waals surface area (Å²) in [4.78, 5) is 18.2. The van der Waals surface area contributed by atoms with Crippen LogP contribution in [0.15, 0.2) is 86.8 Å². The number of para-hydroxylation sites is 1.